The Labute approximate surface area is 125 Å². The van der Waals surface area contributed by atoms with Gasteiger partial charge in [0.2, 0.25) is 0 Å². The molecule has 0 amide bonds. The van der Waals surface area contributed by atoms with Crippen LogP contribution in [0.25, 0.3) is 0 Å². The lowest BCUT2D eigenvalue weighted by molar-refractivity contribution is -0.384. The highest BCUT2D eigenvalue weighted by molar-refractivity contribution is 7.09. The number of ether oxygens (including phenoxy) is 1. The van der Waals surface area contributed by atoms with Crippen molar-refractivity contribution in [1.29, 1.82) is 0 Å². The van der Waals surface area contributed by atoms with Crippen LogP contribution in [0.3, 0.4) is 0 Å². The molecular weight excluding hydrogens is 300 g/mol. The third kappa shape index (κ3) is 3.68. The van der Waals surface area contributed by atoms with E-state index in [1.165, 1.54) is 18.2 Å². The largest absolute Gasteiger partial charge is 0.486 e. The van der Waals surface area contributed by atoms with Crippen LogP contribution in [-0.2, 0) is 13.0 Å². The minimum absolute atomic E-state index is 0.0544. The first kappa shape index (κ1) is 14.7. The summed E-state index contributed by atoms with van der Waals surface area (Å²) in [6.07, 6.45) is 2.02. The van der Waals surface area contributed by atoms with Crippen LogP contribution in [0.2, 0.25) is 5.02 Å². The summed E-state index contributed by atoms with van der Waals surface area (Å²) in [5.41, 5.74) is 0.786. The Morgan fingerprint density at radius 1 is 1.50 bits per heavy atom. The summed E-state index contributed by atoms with van der Waals surface area (Å²) >= 11 is 7.55. The van der Waals surface area contributed by atoms with Gasteiger partial charge in [-0.05, 0) is 18.9 Å². The summed E-state index contributed by atoms with van der Waals surface area (Å²) in [5.74, 6) is 0.419. The van der Waals surface area contributed by atoms with Gasteiger partial charge in [0, 0.05) is 17.5 Å². The van der Waals surface area contributed by atoms with Gasteiger partial charge in [-0.15, -0.1) is 11.3 Å². The lowest BCUT2D eigenvalue weighted by Gasteiger charge is -2.05. The first-order valence-electron chi connectivity index (χ1n) is 6.10. The number of non-ortho nitro benzene ring substituents is 1. The van der Waals surface area contributed by atoms with Gasteiger partial charge < -0.3 is 4.74 Å². The zero-order chi connectivity index (χ0) is 14.5. The number of aromatic nitrogens is 1. The Bertz CT molecular complexity index is 615. The van der Waals surface area contributed by atoms with Gasteiger partial charge in [-0.3, -0.25) is 10.1 Å². The molecular formula is C13H13ClN2O3S. The van der Waals surface area contributed by atoms with E-state index >= 15 is 0 Å². The number of halogens is 1. The van der Waals surface area contributed by atoms with Crippen molar-refractivity contribution in [2.45, 2.75) is 26.4 Å². The maximum atomic E-state index is 10.6. The van der Waals surface area contributed by atoms with Gasteiger partial charge in [0.05, 0.1) is 20.6 Å². The van der Waals surface area contributed by atoms with E-state index in [9.17, 15) is 10.1 Å². The van der Waals surface area contributed by atoms with Crippen LogP contribution in [-0.4, -0.2) is 9.91 Å². The molecule has 2 rings (SSSR count). The molecule has 1 heterocycles. The molecule has 1 aromatic carbocycles. The number of rotatable bonds is 6. The van der Waals surface area contributed by atoms with E-state index in [0.29, 0.717) is 12.4 Å². The molecule has 106 valence electrons. The van der Waals surface area contributed by atoms with Crippen molar-refractivity contribution < 1.29 is 9.66 Å². The highest BCUT2D eigenvalue weighted by Crippen LogP contribution is 2.29. The molecule has 0 fully saturated rings. The Morgan fingerprint density at radius 3 is 2.95 bits per heavy atom. The van der Waals surface area contributed by atoms with E-state index in [-0.39, 0.29) is 10.7 Å². The molecule has 20 heavy (non-hydrogen) atoms. The Hall–Kier alpha value is -1.66. The molecule has 0 bridgehead atoms. The number of nitro benzene ring substituents is 1. The van der Waals surface area contributed by atoms with E-state index in [4.69, 9.17) is 16.3 Å². The molecule has 5 nitrogen and oxygen atoms in total. The number of aryl methyl sites for hydroxylation is 1. The van der Waals surface area contributed by atoms with E-state index in [1.807, 2.05) is 5.38 Å². The van der Waals surface area contributed by atoms with Crippen molar-refractivity contribution in [2.24, 2.45) is 0 Å². The van der Waals surface area contributed by atoms with Gasteiger partial charge in [-0.1, -0.05) is 18.5 Å². The first-order chi connectivity index (χ1) is 9.60. The molecule has 0 saturated carbocycles. The quantitative estimate of drug-likeness (QED) is 0.591. The molecule has 1 aromatic heterocycles. The molecule has 0 aliphatic heterocycles. The minimum Gasteiger partial charge on any atom is -0.486 e. The zero-order valence-corrected chi connectivity index (χ0v) is 12.4. The Balaban J connectivity index is 2.01. The standard InChI is InChI=1S/C13H13ClN2O3S/c1-2-3-13-15-9(8-20-13)7-19-12-5-4-10(16(17)18)6-11(12)14/h4-6,8H,2-3,7H2,1H3. The Kier molecular flexibility index (Phi) is 4.92. The highest BCUT2D eigenvalue weighted by Gasteiger charge is 2.11. The summed E-state index contributed by atoms with van der Waals surface area (Å²) in [5, 5.41) is 13.9. The molecule has 0 aliphatic rings. The van der Waals surface area contributed by atoms with Crippen LogP contribution in [0, 0.1) is 10.1 Å². The van der Waals surface area contributed by atoms with Gasteiger partial charge in [0.25, 0.3) is 5.69 Å². The summed E-state index contributed by atoms with van der Waals surface area (Å²) < 4.78 is 5.54. The average molecular weight is 313 g/mol. The van der Waals surface area contributed by atoms with Crippen LogP contribution in [0.1, 0.15) is 24.0 Å². The fourth-order valence-corrected chi connectivity index (χ4v) is 2.73. The fraction of sp³-hybridized carbons (Fsp3) is 0.308. The van der Waals surface area contributed by atoms with Crippen LogP contribution in [0.4, 0.5) is 5.69 Å². The predicted molar refractivity (Wildman–Crippen MR) is 78.5 cm³/mol. The average Bonchev–Trinajstić information content (AvgIpc) is 2.85. The maximum absolute atomic E-state index is 10.6. The van der Waals surface area contributed by atoms with Crippen molar-refractivity contribution in [3.8, 4) is 5.75 Å². The first-order valence-corrected chi connectivity index (χ1v) is 7.36. The highest BCUT2D eigenvalue weighted by atomic mass is 35.5. The van der Waals surface area contributed by atoms with Gasteiger partial charge in [0.1, 0.15) is 12.4 Å². The fourth-order valence-electron chi connectivity index (χ4n) is 1.62. The monoisotopic (exact) mass is 312 g/mol. The van der Waals surface area contributed by atoms with Crippen LogP contribution in [0.15, 0.2) is 23.6 Å². The van der Waals surface area contributed by atoms with E-state index in [0.717, 1.165) is 23.5 Å². The lowest BCUT2D eigenvalue weighted by Crippen LogP contribution is -1.97. The second-order valence-corrected chi connectivity index (χ2v) is 5.49. The van der Waals surface area contributed by atoms with Gasteiger partial charge in [-0.2, -0.15) is 0 Å². The van der Waals surface area contributed by atoms with E-state index in [2.05, 4.69) is 11.9 Å². The summed E-state index contributed by atoms with van der Waals surface area (Å²) in [6, 6.07) is 4.14. The second kappa shape index (κ2) is 6.67. The molecule has 2 aromatic rings. The molecule has 0 saturated heterocycles. The topological polar surface area (TPSA) is 65.3 Å². The van der Waals surface area contributed by atoms with Gasteiger partial charge >= 0.3 is 0 Å². The minimum atomic E-state index is -0.493. The number of nitro groups is 1. The zero-order valence-electron chi connectivity index (χ0n) is 10.8. The SMILES string of the molecule is CCCc1nc(COc2ccc([N+](=O)[O-])cc2Cl)cs1. The molecule has 0 atom stereocenters. The van der Waals surface area contributed by atoms with Crippen molar-refractivity contribution in [2.75, 3.05) is 0 Å². The second-order valence-electron chi connectivity index (χ2n) is 4.14. The smallest absolute Gasteiger partial charge is 0.271 e. The van der Waals surface area contributed by atoms with Crippen LogP contribution >= 0.6 is 22.9 Å². The maximum Gasteiger partial charge on any atom is 0.271 e. The van der Waals surface area contributed by atoms with Crippen molar-refractivity contribution in [3.63, 3.8) is 0 Å². The molecule has 0 aliphatic carbocycles. The Morgan fingerprint density at radius 2 is 2.30 bits per heavy atom. The van der Waals surface area contributed by atoms with Crippen LogP contribution in [0.5, 0.6) is 5.75 Å². The number of hydrogen-bond donors (Lipinski definition) is 0. The summed E-state index contributed by atoms with van der Waals surface area (Å²) in [6.45, 7) is 2.41. The van der Waals surface area contributed by atoms with Gasteiger partial charge in [0.15, 0.2) is 0 Å². The number of hydrogen-bond acceptors (Lipinski definition) is 5. The van der Waals surface area contributed by atoms with E-state index < -0.39 is 4.92 Å². The molecule has 0 unspecified atom stereocenters. The lowest BCUT2D eigenvalue weighted by atomic mass is 10.3. The third-order valence-electron chi connectivity index (χ3n) is 2.57. The number of thiazole rings is 1. The van der Waals surface area contributed by atoms with Crippen molar-refractivity contribution in [3.05, 3.63) is 49.4 Å². The normalized spacial score (nSPS) is 10.5. The third-order valence-corrected chi connectivity index (χ3v) is 3.82. The predicted octanol–water partition coefficient (Wildman–Crippen LogP) is 4.24. The van der Waals surface area contributed by atoms with Crippen molar-refractivity contribution in [1.82, 2.24) is 4.98 Å². The molecule has 7 heteroatoms. The summed E-state index contributed by atoms with van der Waals surface area (Å²) in [7, 11) is 0. The summed E-state index contributed by atoms with van der Waals surface area (Å²) in [4.78, 5) is 14.5. The van der Waals surface area contributed by atoms with Crippen LogP contribution < -0.4 is 4.74 Å². The molecule has 0 radical (unpaired) electrons. The number of benzene rings is 1. The van der Waals surface area contributed by atoms with Gasteiger partial charge in [-0.25, -0.2) is 4.98 Å². The van der Waals surface area contributed by atoms with Crippen molar-refractivity contribution >= 4 is 28.6 Å². The van der Waals surface area contributed by atoms with E-state index in [1.54, 1.807) is 11.3 Å². The molecule has 0 N–H and O–H groups in total. The number of nitrogens with zero attached hydrogens (tertiary/aromatic N) is 2. The molecule has 0 spiro atoms.